The van der Waals surface area contributed by atoms with Crippen LogP contribution in [0.5, 0.6) is 5.88 Å². The molecule has 3 aromatic rings. The fourth-order valence-electron chi connectivity index (χ4n) is 2.95. The second-order valence-corrected chi connectivity index (χ2v) is 8.35. The molecule has 0 amide bonds. The Bertz CT molecular complexity index is 949. The first kappa shape index (κ1) is 19.1. The van der Waals surface area contributed by atoms with Crippen LogP contribution in [-0.2, 0) is 0 Å². The highest BCUT2D eigenvalue weighted by Gasteiger charge is 2.25. The van der Waals surface area contributed by atoms with Gasteiger partial charge in [-0.3, -0.25) is 0 Å². The zero-order chi connectivity index (χ0) is 19.3. The van der Waals surface area contributed by atoms with Crippen molar-refractivity contribution < 1.29 is 4.74 Å². The summed E-state index contributed by atoms with van der Waals surface area (Å²) in [4.78, 5) is 5.90. The number of fused-ring (bicyclic) bond motifs is 3. The lowest BCUT2D eigenvalue weighted by atomic mass is 10.1. The number of hydrogen-bond acceptors (Lipinski definition) is 7. The molecule has 0 spiro atoms. The van der Waals surface area contributed by atoms with E-state index in [0.29, 0.717) is 16.7 Å². The van der Waals surface area contributed by atoms with Crippen molar-refractivity contribution in [3.05, 3.63) is 54.1 Å². The highest BCUT2D eigenvalue weighted by molar-refractivity contribution is 7.99. The first-order valence-electron chi connectivity index (χ1n) is 9.32. The Kier molecular flexibility index (Phi) is 6.02. The highest BCUT2D eigenvalue weighted by atomic mass is 32.2. The third-order valence-corrected chi connectivity index (χ3v) is 6.15. The molecule has 1 aromatic heterocycles. The average Bonchev–Trinajstić information content (AvgIpc) is 2.90. The van der Waals surface area contributed by atoms with Crippen LogP contribution in [-0.4, -0.2) is 27.2 Å². The number of unbranched alkanes of at least 4 members (excludes halogenated alkanes) is 1. The molecule has 2 heterocycles. The number of hydrogen-bond donors (Lipinski definition) is 1. The summed E-state index contributed by atoms with van der Waals surface area (Å²) in [5, 5.41) is 12.9. The summed E-state index contributed by atoms with van der Waals surface area (Å²) in [5.41, 5.74) is 3.62. The van der Waals surface area contributed by atoms with Crippen LogP contribution in [0.15, 0.2) is 58.6 Å². The van der Waals surface area contributed by atoms with Crippen molar-refractivity contribution in [2.24, 2.45) is 0 Å². The van der Waals surface area contributed by atoms with Crippen LogP contribution in [0.25, 0.3) is 11.3 Å². The number of nitrogens with zero attached hydrogens (tertiary/aromatic N) is 3. The van der Waals surface area contributed by atoms with Gasteiger partial charge in [-0.2, -0.15) is 4.98 Å². The van der Waals surface area contributed by atoms with E-state index in [1.807, 2.05) is 24.3 Å². The molecule has 4 rings (SSSR count). The van der Waals surface area contributed by atoms with Gasteiger partial charge >= 0.3 is 0 Å². The summed E-state index contributed by atoms with van der Waals surface area (Å²) in [6.45, 7) is 2.18. The van der Waals surface area contributed by atoms with Gasteiger partial charge in [0.2, 0.25) is 11.0 Å². The van der Waals surface area contributed by atoms with Gasteiger partial charge in [-0.05, 0) is 30.9 Å². The van der Waals surface area contributed by atoms with E-state index < -0.39 is 0 Å². The second-order valence-electron chi connectivity index (χ2n) is 6.41. The Morgan fingerprint density at radius 2 is 1.89 bits per heavy atom. The van der Waals surface area contributed by atoms with Crippen LogP contribution in [0.4, 0.5) is 5.69 Å². The van der Waals surface area contributed by atoms with Gasteiger partial charge in [0.1, 0.15) is 0 Å². The van der Waals surface area contributed by atoms with Crippen molar-refractivity contribution in [2.75, 3.05) is 17.3 Å². The molecule has 144 valence electrons. The molecule has 0 aliphatic carbocycles. The summed E-state index contributed by atoms with van der Waals surface area (Å²) in [6.07, 6.45) is 4.00. The molecule has 5 nitrogen and oxygen atoms in total. The molecule has 1 N–H and O–H groups in total. The zero-order valence-corrected chi connectivity index (χ0v) is 17.5. The topological polar surface area (TPSA) is 59.9 Å². The number of aromatic nitrogens is 3. The maximum Gasteiger partial charge on any atom is 0.247 e. The summed E-state index contributed by atoms with van der Waals surface area (Å²) in [6, 6.07) is 16.4. The van der Waals surface area contributed by atoms with E-state index >= 15 is 0 Å². The molecule has 1 aliphatic rings. The quantitative estimate of drug-likeness (QED) is 0.416. The lowest BCUT2D eigenvalue weighted by molar-refractivity contribution is 0.225. The van der Waals surface area contributed by atoms with Crippen LogP contribution in [0, 0.1) is 0 Å². The van der Waals surface area contributed by atoms with Gasteiger partial charge < -0.3 is 10.1 Å². The van der Waals surface area contributed by atoms with Crippen molar-refractivity contribution in [3.63, 3.8) is 0 Å². The molecule has 0 unspecified atom stereocenters. The average molecular weight is 411 g/mol. The number of para-hydroxylation sites is 1. The summed E-state index contributed by atoms with van der Waals surface area (Å²) in [7, 11) is 0. The second kappa shape index (κ2) is 8.84. The van der Waals surface area contributed by atoms with Gasteiger partial charge in [0.15, 0.2) is 11.9 Å². The third kappa shape index (κ3) is 4.10. The highest BCUT2D eigenvalue weighted by Crippen LogP contribution is 2.39. The van der Waals surface area contributed by atoms with Gasteiger partial charge in [-0.25, -0.2) is 0 Å². The Balaban J connectivity index is 1.71. The number of ether oxygens (including phenoxy) is 1. The van der Waals surface area contributed by atoms with Crippen molar-refractivity contribution >= 4 is 29.2 Å². The largest absolute Gasteiger partial charge is 0.448 e. The standard InChI is InChI=1S/C21H22N4OS2/c1-3-4-13-28-21-23-20-18(24-25-21)16-7-5-6-8-17(16)22-19(26-20)14-9-11-15(27-2)12-10-14/h5-12,19,22H,3-4,13H2,1-2H3/t19-/m0/s1. The number of anilines is 1. The van der Waals surface area contributed by atoms with Gasteiger partial charge in [0.25, 0.3) is 0 Å². The van der Waals surface area contributed by atoms with Crippen LogP contribution < -0.4 is 10.1 Å². The van der Waals surface area contributed by atoms with Gasteiger partial charge in [0, 0.05) is 27.5 Å². The molecule has 0 fully saturated rings. The van der Waals surface area contributed by atoms with E-state index in [1.165, 1.54) is 4.90 Å². The molecular formula is C21H22N4OS2. The maximum atomic E-state index is 6.30. The van der Waals surface area contributed by atoms with Crippen molar-refractivity contribution in [1.29, 1.82) is 0 Å². The Labute approximate surface area is 173 Å². The minimum absolute atomic E-state index is 0.344. The molecule has 0 bridgehead atoms. The van der Waals surface area contributed by atoms with Gasteiger partial charge in [-0.1, -0.05) is 55.4 Å². The van der Waals surface area contributed by atoms with Crippen LogP contribution in [0.2, 0.25) is 0 Å². The molecule has 1 aliphatic heterocycles. The fraction of sp³-hybridized carbons (Fsp3) is 0.286. The number of nitrogens with one attached hydrogen (secondary N) is 1. The number of thioether (sulfide) groups is 2. The Morgan fingerprint density at radius 1 is 1.07 bits per heavy atom. The summed E-state index contributed by atoms with van der Waals surface area (Å²) >= 11 is 3.34. The van der Waals surface area contributed by atoms with Crippen LogP contribution in [0.3, 0.4) is 0 Å². The van der Waals surface area contributed by atoms with E-state index in [-0.39, 0.29) is 6.23 Å². The third-order valence-electron chi connectivity index (χ3n) is 4.48. The monoisotopic (exact) mass is 410 g/mol. The molecule has 28 heavy (non-hydrogen) atoms. The lowest BCUT2D eigenvalue weighted by Gasteiger charge is -2.19. The van der Waals surface area contributed by atoms with Crippen molar-refractivity contribution in [2.45, 2.75) is 36.0 Å². The minimum atomic E-state index is -0.344. The molecule has 0 saturated heterocycles. The number of rotatable bonds is 6. The first-order chi connectivity index (χ1) is 13.8. The van der Waals surface area contributed by atoms with Crippen molar-refractivity contribution in [1.82, 2.24) is 15.2 Å². The molecule has 0 saturated carbocycles. The minimum Gasteiger partial charge on any atom is -0.448 e. The van der Waals surface area contributed by atoms with E-state index in [2.05, 4.69) is 57.9 Å². The van der Waals surface area contributed by atoms with Crippen LogP contribution in [0.1, 0.15) is 31.6 Å². The smallest absolute Gasteiger partial charge is 0.247 e. The van der Waals surface area contributed by atoms with Gasteiger partial charge in [0.05, 0.1) is 0 Å². The molecule has 7 heteroatoms. The Morgan fingerprint density at radius 3 is 2.68 bits per heavy atom. The molecule has 1 atom stereocenters. The van der Waals surface area contributed by atoms with Crippen molar-refractivity contribution in [3.8, 4) is 17.1 Å². The first-order valence-corrected chi connectivity index (χ1v) is 11.5. The van der Waals surface area contributed by atoms with E-state index in [4.69, 9.17) is 4.74 Å². The summed E-state index contributed by atoms with van der Waals surface area (Å²) in [5.74, 6) is 1.50. The molecule has 0 radical (unpaired) electrons. The maximum absolute atomic E-state index is 6.30. The molecular weight excluding hydrogens is 388 g/mol. The van der Waals surface area contributed by atoms with E-state index in [9.17, 15) is 0 Å². The summed E-state index contributed by atoms with van der Waals surface area (Å²) < 4.78 is 6.30. The van der Waals surface area contributed by atoms with Crippen LogP contribution >= 0.6 is 23.5 Å². The van der Waals surface area contributed by atoms with Gasteiger partial charge in [-0.15, -0.1) is 22.0 Å². The van der Waals surface area contributed by atoms with E-state index in [1.54, 1.807) is 23.5 Å². The Hall–Kier alpha value is -2.25. The SMILES string of the molecule is CCCCSc1nnc2c(n1)O[C@@H](c1ccc(SC)cc1)Nc1ccccc1-2. The lowest BCUT2D eigenvalue weighted by Crippen LogP contribution is -2.17. The van der Waals surface area contributed by atoms with E-state index in [0.717, 1.165) is 35.4 Å². The number of benzene rings is 2. The fourth-order valence-corrected chi connectivity index (χ4v) is 4.22. The normalized spacial score (nSPS) is 15.0. The predicted molar refractivity (Wildman–Crippen MR) is 116 cm³/mol. The predicted octanol–water partition coefficient (Wildman–Crippen LogP) is 5.66. The zero-order valence-electron chi connectivity index (χ0n) is 15.9. The molecule has 2 aromatic carbocycles.